The summed E-state index contributed by atoms with van der Waals surface area (Å²) >= 11 is 0. The lowest BCUT2D eigenvalue weighted by Crippen LogP contribution is -2.35. The molecule has 2 heterocycles. The molecule has 2 aromatic rings. The summed E-state index contributed by atoms with van der Waals surface area (Å²) in [5, 5.41) is 12.8. The maximum Gasteiger partial charge on any atom is 0.286 e. The van der Waals surface area contributed by atoms with E-state index < -0.39 is 6.29 Å². The van der Waals surface area contributed by atoms with Crippen LogP contribution in [0.3, 0.4) is 0 Å². The summed E-state index contributed by atoms with van der Waals surface area (Å²) in [6.07, 6.45) is 4.74. The van der Waals surface area contributed by atoms with Crippen LogP contribution in [-0.2, 0) is 25.4 Å². The number of aliphatic hydroxyl groups excluding tert-OH is 1. The fraction of sp³-hybridized carbons (Fsp3) is 0.542. The average molecular weight is 447 g/mol. The van der Waals surface area contributed by atoms with E-state index in [0.29, 0.717) is 44.3 Å². The number of nitrogens with one attached hydrogen (secondary N) is 2. The lowest BCUT2D eigenvalue weighted by atomic mass is 9.90. The third-order valence-electron chi connectivity index (χ3n) is 5.59. The lowest BCUT2D eigenvalue weighted by molar-refractivity contribution is -0.155. The van der Waals surface area contributed by atoms with Crippen LogP contribution in [0.2, 0.25) is 0 Å². The average Bonchev–Trinajstić information content (AvgIpc) is 3.20. The Bertz CT molecular complexity index is 907. The molecule has 32 heavy (non-hydrogen) atoms. The molecule has 0 unspecified atom stereocenters. The van der Waals surface area contributed by atoms with Gasteiger partial charge in [-0.2, -0.15) is 0 Å². The third-order valence-corrected chi connectivity index (χ3v) is 5.59. The summed E-state index contributed by atoms with van der Waals surface area (Å²) in [7, 11) is 1.65. The van der Waals surface area contributed by atoms with Gasteiger partial charge in [0.15, 0.2) is 5.76 Å². The van der Waals surface area contributed by atoms with E-state index in [1.807, 2.05) is 30.5 Å². The number of benzene rings is 1. The fourth-order valence-electron chi connectivity index (χ4n) is 3.70. The van der Waals surface area contributed by atoms with Crippen molar-refractivity contribution in [3.8, 4) is 5.75 Å². The standard InChI is InChI=1S/C24H34N2O6/c1-16(2)18-12-22(32-23(13-18)31-11-10-30-9-8-27)24(28)25-7-6-17-15-26-21-5-4-19(29-3)14-20(17)21/h4-5,12,14-16,18,23,26-27H,6-11,13H2,1-3H3,(H,25,28)/t18-,23+/m0/s1. The molecule has 3 N–H and O–H groups in total. The van der Waals surface area contributed by atoms with E-state index in [1.54, 1.807) is 7.11 Å². The van der Waals surface area contributed by atoms with Crippen molar-refractivity contribution in [1.29, 1.82) is 0 Å². The molecule has 0 spiro atoms. The normalized spacial score (nSPS) is 18.5. The number of aromatic nitrogens is 1. The summed E-state index contributed by atoms with van der Waals surface area (Å²) in [5.74, 6) is 1.42. The highest BCUT2D eigenvalue weighted by atomic mass is 16.7. The second-order valence-electron chi connectivity index (χ2n) is 8.16. The Morgan fingerprint density at radius 1 is 1.31 bits per heavy atom. The summed E-state index contributed by atoms with van der Waals surface area (Å²) in [6.45, 7) is 5.69. The first kappa shape index (κ1) is 24.1. The molecule has 8 heteroatoms. The number of amides is 1. The quantitative estimate of drug-likeness (QED) is 0.434. The first-order chi connectivity index (χ1) is 15.5. The van der Waals surface area contributed by atoms with Crippen LogP contribution < -0.4 is 10.1 Å². The molecule has 0 aliphatic carbocycles. The van der Waals surface area contributed by atoms with Gasteiger partial charge in [-0.1, -0.05) is 13.8 Å². The summed E-state index contributed by atoms with van der Waals surface area (Å²) < 4.78 is 22.1. The van der Waals surface area contributed by atoms with Crippen LogP contribution in [0.15, 0.2) is 36.2 Å². The van der Waals surface area contributed by atoms with E-state index in [2.05, 4.69) is 24.1 Å². The van der Waals surface area contributed by atoms with Gasteiger partial charge in [0.2, 0.25) is 6.29 Å². The number of aliphatic hydroxyl groups is 1. The highest BCUT2D eigenvalue weighted by Crippen LogP contribution is 2.29. The first-order valence-corrected chi connectivity index (χ1v) is 11.1. The maximum atomic E-state index is 12.8. The minimum atomic E-state index is -0.494. The lowest BCUT2D eigenvalue weighted by Gasteiger charge is -2.30. The van der Waals surface area contributed by atoms with Crippen molar-refractivity contribution < 1.29 is 28.8 Å². The van der Waals surface area contributed by atoms with Gasteiger partial charge in [0, 0.05) is 30.1 Å². The van der Waals surface area contributed by atoms with Crippen molar-refractivity contribution in [2.75, 3.05) is 40.1 Å². The molecule has 1 aromatic carbocycles. The highest BCUT2D eigenvalue weighted by Gasteiger charge is 2.29. The minimum Gasteiger partial charge on any atom is -0.497 e. The van der Waals surface area contributed by atoms with E-state index in [4.69, 9.17) is 24.1 Å². The Morgan fingerprint density at radius 2 is 2.16 bits per heavy atom. The van der Waals surface area contributed by atoms with E-state index in [-0.39, 0.29) is 25.0 Å². The molecule has 0 saturated carbocycles. The fourth-order valence-corrected chi connectivity index (χ4v) is 3.70. The molecule has 0 saturated heterocycles. The molecule has 0 fully saturated rings. The van der Waals surface area contributed by atoms with Gasteiger partial charge < -0.3 is 34.4 Å². The van der Waals surface area contributed by atoms with Crippen molar-refractivity contribution in [1.82, 2.24) is 10.3 Å². The van der Waals surface area contributed by atoms with E-state index in [9.17, 15) is 4.79 Å². The maximum absolute atomic E-state index is 12.8. The van der Waals surface area contributed by atoms with E-state index >= 15 is 0 Å². The second kappa shape index (κ2) is 11.9. The Hall–Kier alpha value is -2.55. The smallest absolute Gasteiger partial charge is 0.286 e. The number of fused-ring (bicyclic) bond motifs is 1. The number of hydrogen-bond donors (Lipinski definition) is 3. The Kier molecular flexibility index (Phi) is 8.96. The summed E-state index contributed by atoms with van der Waals surface area (Å²) in [6, 6.07) is 5.90. The Morgan fingerprint density at radius 3 is 2.91 bits per heavy atom. The molecule has 1 aromatic heterocycles. The molecule has 0 radical (unpaired) electrons. The van der Waals surface area contributed by atoms with Crippen molar-refractivity contribution in [2.45, 2.75) is 33.0 Å². The van der Waals surface area contributed by atoms with E-state index in [1.165, 1.54) is 0 Å². The predicted octanol–water partition coefficient (Wildman–Crippen LogP) is 2.76. The van der Waals surface area contributed by atoms with Crippen LogP contribution in [0, 0.1) is 11.8 Å². The number of carbonyl (C=O) groups excluding carboxylic acids is 1. The number of ether oxygens (including phenoxy) is 4. The monoisotopic (exact) mass is 446 g/mol. The molecule has 3 rings (SSSR count). The van der Waals surface area contributed by atoms with Crippen molar-refractivity contribution in [2.24, 2.45) is 11.8 Å². The summed E-state index contributed by atoms with van der Waals surface area (Å²) in [4.78, 5) is 16.0. The van der Waals surface area contributed by atoms with Gasteiger partial charge in [-0.3, -0.25) is 4.79 Å². The molecule has 8 nitrogen and oxygen atoms in total. The predicted molar refractivity (Wildman–Crippen MR) is 121 cm³/mol. The Balaban J connectivity index is 1.54. The topological polar surface area (TPSA) is 102 Å². The van der Waals surface area contributed by atoms with Crippen LogP contribution in [-0.4, -0.2) is 62.4 Å². The molecule has 176 valence electrons. The van der Waals surface area contributed by atoms with E-state index in [0.717, 1.165) is 22.2 Å². The minimum absolute atomic E-state index is 0.0193. The number of hydrogen-bond acceptors (Lipinski definition) is 6. The van der Waals surface area contributed by atoms with Gasteiger partial charge in [-0.05, 0) is 48.1 Å². The molecule has 1 aliphatic heterocycles. The number of rotatable bonds is 12. The number of H-pyrrole nitrogens is 1. The van der Waals surface area contributed by atoms with Crippen molar-refractivity contribution >= 4 is 16.8 Å². The zero-order valence-corrected chi connectivity index (χ0v) is 19.1. The van der Waals surface area contributed by atoms with Gasteiger partial charge in [0.25, 0.3) is 5.91 Å². The van der Waals surface area contributed by atoms with Gasteiger partial charge in [0.1, 0.15) is 5.75 Å². The molecular weight excluding hydrogens is 412 g/mol. The van der Waals surface area contributed by atoms with Crippen LogP contribution in [0.1, 0.15) is 25.8 Å². The SMILES string of the molecule is COc1ccc2[nH]cc(CCNC(=O)C3=C[C@H](C(C)C)C[C@H](OCCOCCO)O3)c2c1. The van der Waals surface area contributed by atoms with Crippen LogP contribution >= 0.6 is 0 Å². The van der Waals surface area contributed by atoms with Crippen molar-refractivity contribution in [3.05, 3.63) is 41.8 Å². The molecule has 2 atom stereocenters. The molecular formula is C24H34N2O6. The highest BCUT2D eigenvalue weighted by molar-refractivity contribution is 5.91. The second-order valence-corrected chi connectivity index (χ2v) is 8.16. The number of methoxy groups -OCH3 is 1. The largest absolute Gasteiger partial charge is 0.497 e. The number of allylic oxidation sites excluding steroid dienone is 1. The molecule has 1 aliphatic rings. The number of carbonyl (C=O) groups is 1. The molecule has 1 amide bonds. The van der Waals surface area contributed by atoms with Crippen LogP contribution in [0.5, 0.6) is 5.75 Å². The zero-order valence-electron chi connectivity index (χ0n) is 19.1. The third kappa shape index (κ3) is 6.48. The summed E-state index contributed by atoms with van der Waals surface area (Å²) in [5.41, 5.74) is 2.15. The zero-order chi connectivity index (χ0) is 22.9. The van der Waals surface area contributed by atoms with Gasteiger partial charge in [-0.15, -0.1) is 0 Å². The molecule has 0 bridgehead atoms. The van der Waals surface area contributed by atoms with Crippen LogP contribution in [0.25, 0.3) is 10.9 Å². The van der Waals surface area contributed by atoms with Crippen LogP contribution in [0.4, 0.5) is 0 Å². The Labute approximate surface area is 188 Å². The van der Waals surface area contributed by atoms with Gasteiger partial charge >= 0.3 is 0 Å². The number of aromatic amines is 1. The van der Waals surface area contributed by atoms with Crippen molar-refractivity contribution in [3.63, 3.8) is 0 Å². The van der Waals surface area contributed by atoms with Gasteiger partial charge in [-0.25, -0.2) is 0 Å². The first-order valence-electron chi connectivity index (χ1n) is 11.1. The van der Waals surface area contributed by atoms with Gasteiger partial charge in [0.05, 0.1) is 33.5 Å².